The van der Waals surface area contributed by atoms with E-state index in [1.165, 1.54) is 0 Å². The Bertz CT molecular complexity index is 997. The Morgan fingerprint density at radius 3 is 2.44 bits per heavy atom. The molecule has 1 heterocycles. The average Bonchev–Trinajstić information content (AvgIpc) is 2.75. The average molecular weight is 409 g/mol. The fourth-order valence-electron chi connectivity index (χ4n) is 2.54. The van der Waals surface area contributed by atoms with Gasteiger partial charge in [-0.15, -0.1) is 0 Å². The molecule has 0 fully saturated rings. The fourth-order valence-corrected chi connectivity index (χ4v) is 3.91. The van der Waals surface area contributed by atoms with Gasteiger partial charge in [-0.2, -0.15) is 27.2 Å². The minimum atomic E-state index is -5.16. The van der Waals surface area contributed by atoms with Crippen molar-refractivity contribution in [3.8, 4) is 17.6 Å². The number of ether oxygens (including phenoxy) is 1. The van der Waals surface area contributed by atoms with Crippen molar-refractivity contribution in [2.45, 2.75) is 22.5 Å². The highest BCUT2D eigenvalue weighted by Gasteiger charge is 2.59. The molecule has 1 aliphatic heterocycles. The maximum atomic E-state index is 14.2. The van der Waals surface area contributed by atoms with E-state index in [0.717, 1.165) is 18.2 Å². The standard InChI is InChI=1S/C16H6F7NO2S/c17-8-3-7(6-24)4-9(5-8)26-11-2-1-10(15(19,20)21)13-12(11)14(18)16(22,23)27(13)25/h1-5,14H/t14-,27+/m0/s1. The molecule has 0 amide bonds. The van der Waals surface area contributed by atoms with Gasteiger partial charge in [-0.3, -0.25) is 0 Å². The third kappa shape index (κ3) is 3.14. The van der Waals surface area contributed by atoms with Crippen molar-refractivity contribution in [3.05, 3.63) is 52.8 Å². The number of hydrogen-bond acceptors (Lipinski definition) is 3. The van der Waals surface area contributed by atoms with Gasteiger partial charge in [0, 0.05) is 6.07 Å². The SMILES string of the molecule is N#Cc1cc(F)cc(Oc2ccc(C(F)(F)F)c3c2[C@H](F)C(F)(F)[S@@]3=O)c1. The van der Waals surface area contributed by atoms with Crippen molar-refractivity contribution in [1.29, 1.82) is 5.26 Å². The molecule has 0 bridgehead atoms. The molecule has 3 rings (SSSR count). The number of benzene rings is 2. The van der Waals surface area contributed by atoms with Crippen LogP contribution in [-0.2, 0) is 17.0 Å². The van der Waals surface area contributed by atoms with Gasteiger partial charge >= 0.3 is 11.4 Å². The summed E-state index contributed by atoms with van der Waals surface area (Å²) in [6.07, 6.45) is -8.49. The highest BCUT2D eigenvalue weighted by Crippen LogP contribution is 2.55. The predicted molar refractivity (Wildman–Crippen MR) is 77.8 cm³/mol. The summed E-state index contributed by atoms with van der Waals surface area (Å²) in [6, 6.07) is 5.02. The van der Waals surface area contributed by atoms with Gasteiger partial charge in [0.15, 0.2) is 0 Å². The molecule has 3 nitrogen and oxygen atoms in total. The Morgan fingerprint density at radius 1 is 1.19 bits per heavy atom. The van der Waals surface area contributed by atoms with Crippen LogP contribution in [-0.4, -0.2) is 9.46 Å². The first-order valence-corrected chi connectivity index (χ1v) is 8.18. The summed E-state index contributed by atoms with van der Waals surface area (Å²) in [7, 11) is -3.61. The van der Waals surface area contributed by atoms with Crippen LogP contribution in [0.25, 0.3) is 0 Å². The minimum Gasteiger partial charge on any atom is -0.457 e. The fraction of sp³-hybridized carbons (Fsp3) is 0.188. The third-order valence-corrected chi connectivity index (χ3v) is 5.18. The number of rotatable bonds is 2. The number of nitrogens with zero attached hydrogens (tertiary/aromatic N) is 1. The molecule has 1 aliphatic rings. The Labute approximate surface area is 149 Å². The second-order valence-corrected chi connectivity index (χ2v) is 6.92. The van der Waals surface area contributed by atoms with E-state index in [2.05, 4.69) is 0 Å². The second-order valence-electron chi connectivity index (χ2n) is 5.43. The summed E-state index contributed by atoms with van der Waals surface area (Å²) >= 11 is 0. The van der Waals surface area contributed by atoms with E-state index in [1.807, 2.05) is 0 Å². The van der Waals surface area contributed by atoms with Crippen LogP contribution >= 0.6 is 0 Å². The molecule has 11 heteroatoms. The number of halogens is 7. The lowest BCUT2D eigenvalue weighted by Crippen LogP contribution is -2.22. The van der Waals surface area contributed by atoms with Crippen molar-refractivity contribution in [2.24, 2.45) is 0 Å². The molecule has 142 valence electrons. The molecule has 0 unspecified atom stereocenters. The van der Waals surface area contributed by atoms with Crippen LogP contribution in [0.4, 0.5) is 30.7 Å². The lowest BCUT2D eigenvalue weighted by Gasteiger charge is -2.15. The molecular weight excluding hydrogens is 403 g/mol. The van der Waals surface area contributed by atoms with E-state index in [4.69, 9.17) is 10.00 Å². The topological polar surface area (TPSA) is 50.1 Å². The maximum Gasteiger partial charge on any atom is 0.417 e. The van der Waals surface area contributed by atoms with E-state index in [9.17, 15) is 34.9 Å². The lowest BCUT2D eigenvalue weighted by atomic mass is 10.0. The molecule has 0 spiro atoms. The van der Waals surface area contributed by atoms with Gasteiger partial charge in [-0.05, 0) is 24.3 Å². The van der Waals surface area contributed by atoms with Crippen molar-refractivity contribution in [2.75, 3.05) is 0 Å². The van der Waals surface area contributed by atoms with E-state index in [0.29, 0.717) is 12.1 Å². The first-order valence-electron chi connectivity index (χ1n) is 7.03. The van der Waals surface area contributed by atoms with E-state index in [-0.39, 0.29) is 5.56 Å². The molecule has 2 aromatic rings. The Hall–Kier alpha value is -2.61. The quantitative estimate of drug-likeness (QED) is 0.638. The summed E-state index contributed by atoms with van der Waals surface area (Å²) < 4.78 is 111. The van der Waals surface area contributed by atoms with Crippen LogP contribution in [0.2, 0.25) is 0 Å². The van der Waals surface area contributed by atoms with Gasteiger partial charge in [-0.1, -0.05) is 0 Å². The van der Waals surface area contributed by atoms with E-state index >= 15 is 0 Å². The first-order chi connectivity index (χ1) is 12.5. The molecule has 2 aromatic carbocycles. The zero-order valence-corrected chi connectivity index (χ0v) is 13.6. The summed E-state index contributed by atoms with van der Waals surface area (Å²) in [5.41, 5.74) is -3.13. The van der Waals surface area contributed by atoms with Crippen LogP contribution < -0.4 is 4.74 Å². The lowest BCUT2D eigenvalue weighted by molar-refractivity contribution is -0.139. The van der Waals surface area contributed by atoms with E-state index < -0.39 is 61.7 Å². The molecule has 0 radical (unpaired) electrons. The minimum absolute atomic E-state index is 0.223. The Kier molecular flexibility index (Phi) is 4.42. The second kappa shape index (κ2) is 6.23. The summed E-state index contributed by atoms with van der Waals surface area (Å²) in [5, 5.41) is 4.19. The summed E-state index contributed by atoms with van der Waals surface area (Å²) in [5.74, 6) is -2.16. The van der Waals surface area contributed by atoms with E-state index in [1.54, 1.807) is 6.07 Å². The van der Waals surface area contributed by atoms with Crippen molar-refractivity contribution >= 4 is 10.8 Å². The van der Waals surface area contributed by atoms with Gasteiger partial charge in [0.05, 0.1) is 27.7 Å². The largest absolute Gasteiger partial charge is 0.457 e. The van der Waals surface area contributed by atoms with Crippen LogP contribution in [0, 0.1) is 17.1 Å². The summed E-state index contributed by atoms with van der Waals surface area (Å²) in [4.78, 5) is -1.42. The molecule has 27 heavy (non-hydrogen) atoms. The molecular formula is C16H6F7NO2S. The predicted octanol–water partition coefficient (Wildman–Crippen LogP) is 5.23. The van der Waals surface area contributed by atoms with Crippen LogP contribution in [0.1, 0.15) is 22.9 Å². The first kappa shape index (κ1) is 19.2. The highest BCUT2D eigenvalue weighted by atomic mass is 32.2. The third-order valence-electron chi connectivity index (χ3n) is 3.67. The number of nitriles is 1. The van der Waals surface area contributed by atoms with Crippen LogP contribution in [0.3, 0.4) is 0 Å². The molecule has 0 N–H and O–H groups in total. The van der Waals surface area contributed by atoms with Gasteiger partial charge < -0.3 is 4.74 Å². The number of fused-ring (bicyclic) bond motifs is 1. The van der Waals surface area contributed by atoms with Gasteiger partial charge in [0.1, 0.15) is 28.1 Å². The van der Waals surface area contributed by atoms with Crippen molar-refractivity contribution < 1.29 is 39.7 Å². The highest BCUT2D eigenvalue weighted by molar-refractivity contribution is 7.86. The van der Waals surface area contributed by atoms with Crippen LogP contribution in [0.5, 0.6) is 11.5 Å². The molecule has 0 saturated heterocycles. The number of hydrogen-bond donors (Lipinski definition) is 0. The normalized spacial score (nSPS) is 20.8. The summed E-state index contributed by atoms with van der Waals surface area (Å²) in [6.45, 7) is 0. The maximum absolute atomic E-state index is 14.2. The molecule has 0 aliphatic carbocycles. The van der Waals surface area contributed by atoms with Crippen LogP contribution in [0.15, 0.2) is 35.2 Å². The van der Waals surface area contributed by atoms with Gasteiger partial charge in [0.25, 0.3) is 0 Å². The monoisotopic (exact) mass is 409 g/mol. The van der Waals surface area contributed by atoms with Gasteiger partial charge in [-0.25, -0.2) is 13.0 Å². The zero-order valence-electron chi connectivity index (χ0n) is 12.8. The number of alkyl halides is 6. The smallest absolute Gasteiger partial charge is 0.417 e. The zero-order chi connectivity index (χ0) is 20.1. The molecule has 0 saturated carbocycles. The molecule has 2 atom stereocenters. The Morgan fingerprint density at radius 2 is 1.85 bits per heavy atom. The molecule has 0 aromatic heterocycles. The van der Waals surface area contributed by atoms with Gasteiger partial charge in [0.2, 0.25) is 6.17 Å². The van der Waals surface area contributed by atoms with Crippen molar-refractivity contribution in [3.63, 3.8) is 0 Å². The van der Waals surface area contributed by atoms with Crippen molar-refractivity contribution in [1.82, 2.24) is 0 Å². The Balaban J connectivity index is 2.19.